The molecule has 90 heavy (non-hydrogen) atoms. The van der Waals surface area contributed by atoms with Gasteiger partial charge >= 0.3 is 0 Å². The van der Waals surface area contributed by atoms with E-state index in [1.54, 1.807) is 0 Å². The van der Waals surface area contributed by atoms with Crippen molar-refractivity contribution >= 4 is 153 Å². The molecule has 4 aromatic rings. The third kappa shape index (κ3) is 8.25. The molecule has 12 nitrogen and oxygen atoms in total. The van der Waals surface area contributed by atoms with Crippen LogP contribution >= 0.6 is 82.6 Å². The number of imide groups is 4. The van der Waals surface area contributed by atoms with E-state index in [2.05, 4.69) is 96.4 Å². The number of hydrogen-bond acceptors (Lipinski definition) is 8. The molecule has 16 aliphatic rings. The number of allylic oxidation sites excluding steroid dienone is 8. The van der Waals surface area contributed by atoms with Crippen molar-refractivity contribution in [3.8, 4) is 0 Å². The van der Waals surface area contributed by atoms with Crippen LogP contribution in [0.4, 0.5) is 22.7 Å². The maximum absolute atomic E-state index is 13.3. The number of benzene rings is 4. The van der Waals surface area contributed by atoms with E-state index in [0.717, 1.165) is 61.6 Å². The minimum Gasteiger partial charge on any atom is -0.274 e. The number of carbonyl (C=O) groups is 8. The first kappa shape index (κ1) is 58.5. The van der Waals surface area contributed by atoms with Crippen LogP contribution in [0.25, 0.3) is 0 Å². The average molecular weight is 1460 g/mol. The van der Waals surface area contributed by atoms with E-state index < -0.39 is 0 Å². The van der Waals surface area contributed by atoms with Gasteiger partial charge in [0.25, 0.3) is 0 Å². The summed E-state index contributed by atoms with van der Waals surface area (Å²) in [6.45, 7) is 3.91. The van der Waals surface area contributed by atoms with E-state index >= 15 is 0 Å². The maximum Gasteiger partial charge on any atom is 0.238 e. The Bertz CT molecular complexity index is 3890. The highest BCUT2D eigenvalue weighted by Crippen LogP contribution is 2.72. The minimum absolute atomic E-state index is 0.00428. The molecule has 0 radical (unpaired) electrons. The number of carbonyl (C=O) groups excluding carboxylic acids is 8. The van der Waals surface area contributed by atoms with E-state index in [-0.39, 0.29) is 123 Å². The van der Waals surface area contributed by atoms with Crippen LogP contribution in [-0.2, 0) is 38.4 Å². The molecule has 4 saturated heterocycles. The molecule has 24 atom stereocenters. The van der Waals surface area contributed by atoms with Crippen molar-refractivity contribution in [2.75, 3.05) is 19.6 Å². The van der Waals surface area contributed by atoms with Crippen molar-refractivity contribution in [2.45, 2.75) is 52.4 Å². The Hall–Kier alpha value is -5.29. The van der Waals surface area contributed by atoms with Crippen LogP contribution in [0.5, 0.6) is 0 Å². The summed E-state index contributed by atoms with van der Waals surface area (Å²) in [5, 5.41) is 0.901. The first-order chi connectivity index (χ1) is 43.3. The van der Waals surface area contributed by atoms with Crippen molar-refractivity contribution in [3.63, 3.8) is 0 Å². The summed E-state index contributed by atoms with van der Waals surface area (Å²) in [6.07, 6.45) is 24.5. The van der Waals surface area contributed by atoms with Gasteiger partial charge in [-0.3, -0.25) is 48.2 Å². The highest BCUT2D eigenvalue weighted by molar-refractivity contribution is 9.11. The van der Waals surface area contributed by atoms with Crippen molar-refractivity contribution in [3.05, 3.63) is 161 Å². The van der Waals surface area contributed by atoms with E-state index in [1.165, 1.54) is 44.6 Å². The SMILES string of the molecule is Cc1cc(Br)cc(C)c1N1C(=O)C2C3C=CC(C3)C2C1=O.O=C1C2C3C=CC(C3)C2C(=O)N1c1ccc(Br)cc1.O=C1C2C3CC(C2C(=O)N1c1cc(Cl)c(Cl)cc1Cl)C1C2C=CC(C2)C31.O=C1C2C3CC(C2C(=O)N1c1ccc(Br)cc1)C1C2C=CC(C2)C31. The summed E-state index contributed by atoms with van der Waals surface area (Å²) < 4.78 is 2.88. The van der Waals surface area contributed by atoms with Gasteiger partial charge in [-0.1, -0.05) is 131 Å². The fraction of sp³-hybridized carbons (Fsp3) is 0.444. The number of fused-ring (bicyclic) bond motifs is 34. The summed E-state index contributed by atoms with van der Waals surface area (Å²) in [6, 6.07) is 21.9. The zero-order valence-electron chi connectivity index (χ0n) is 49.0. The van der Waals surface area contributed by atoms with Gasteiger partial charge in [0.2, 0.25) is 47.3 Å². The molecular weight excluding hydrogens is 1390 g/mol. The molecule has 0 N–H and O–H groups in total. The fourth-order valence-electron chi connectivity index (χ4n) is 22.1. The topological polar surface area (TPSA) is 150 Å². The second-order valence-electron chi connectivity index (χ2n) is 28.5. The molecule has 8 amide bonds. The predicted octanol–water partition coefficient (Wildman–Crippen LogP) is 14.6. The normalized spacial score (nSPS) is 40.5. The number of anilines is 4. The number of aryl methyl sites for hydroxylation is 2. The number of rotatable bonds is 4. The molecule has 4 aromatic carbocycles. The Morgan fingerprint density at radius 3 is 0.967 bits per heavy atom. The average Bonchev–Trinajstić information content (AvgIpc) is 1.54. The lowest BCUT2D eigenvalue weighted by Crippen LogP contribution is -2.38. The molecule has 20 rings (SSSR count). The van der Waals surface area contributed by atoms with E-state index in [4.69, 9.17) is 34.8 Å². The molecule has 0 aromatic heterocycles. The Labute approximate surface area is 561 Å². The zero-order chi connectivity index (χ0) is 62.1. The van der Waals surface area contributed by atoms with Gasteiger partial charge in [-0.15, -0.1) is 0 Å². The van der Waals surface area contributed by atoms with Crippen LogP contribution in [0.2, 0.25) is 15.1 Å². The lowest BCUT2D eigenvalue weighted by Gasteiger charge is -2.36. The molecule has 24 unspecified atom stereocenters. The van der Waals surface area contributed by atoms with Gasteiger partial charge in [0.15, 0.2) is 0 Å². The number of nitrogens with zero attached hydrogens (tertiary/aromatic N) is 4. The van der Waals surface area contributed by atoms with Gasteiger partial charge in [0.1, 0.15) is 0 Å². The van der Waals surface area contributed by atoms with E-state index in [0.29, 0.717) is 92.4 Å². The molecule has 18 heteroatoms. The third-order valence-corrected chi connectivity index (χ3v) is 27.4. The molecule has 12 fully saturated rings. The number of amides is 8. The Kier molecular flexibility index (Phi) is 13.7. The summed E-state index contributed by atoms with van der Waals surface area (Å²) in [5.74, 6) is 6.50. The molecule has 460 valence electrons. The molecular formula is C72H62Br3Cl3N4O8. The molecule has 12 bridgehead atoms. The monoisotopic (exact) mass is 1450 g/mol. The molecule has 12 aliphatic carbocycles. The third-order valence-electron chi connectivity index (χ3n) is 24.9. The second-order valence-corrected chi connectivity index (χ2v) is 32.5. The van der Waals surface area contributed by atoms with Crippen LogP contribution in [0.15, 0.2) is 135 Å². The standard InChI is InChI=1S/C20H18BrNO2.C20H16Cl3NO2.C17H16BrNO2.C15H12BrNO2/c21-11-3-5-12(6-4-11)22-19(23)17-13-8-14(18(17)20(22)24)16-10-2-1-9(7-10)15(13)16;21-11-5-13(23)14(6-12(11)22)24-19(25)17-9-4-10(18(17)20(24)26)16-8-2-1-7(3-8)15(9)16;1-8-5-12(18)6-9(2)15(8)19-16(20)13-10-3-4-11(7-10)14(13)17(19)21;16-10-3-5-11(6-4-10)17-14(18)12-8-1-2-9(7-8)13(12)15(17)19/h1-6,9-10,13-18H,7-8H2;1-2,5-10,15-18H,3-4H2;3-6,10-11,13-14H,7H2,1-2H3;1-6,8-9,12-13H,7H2. The Morgan fingerprint density at radius 1 is 0.322 bits per heavy atom. The van der Waals surface area contributed by atoms with Gasteiger partial charge in [-0.05, 0) is 231 Å². The largest absolute Gasteiger partial charge is 0.274 e. The fourth-order valence-corrected chi connectivity index (χ4v) is 24.0. The van der Waals surface area contributed by atoms with Gasteiger partial charge < -0.3 is 0 Å². The molecule has 0 spiro atoms. The van der Waals surface area contributed by atoms with E-state index in [1.807, 2.05) is 74.5 Å². The minimum atomic E-state index is -0.188. The maximum atomic E-state index is 13.3. The number of hydrogen-bond donors (Lipinski definition) is 0. The van der Waals surface area contributed by atoms with Gasteiger partial charge in [0.05, 0.1) is 85.2 Å². The van der Waals surface area contributed by atoms with Crippen LogP contribution in [0.1, 0.15) is 49.7 Å². The van der Waals surface area contributed by atoms with Crippen molar-refractivity contribution < 1.29 is 38.4 Å². The highest BCUT2D eigenvalue weighted by atomic mass is 79.9. The van der Waals surface area contributed by atoms with Crippen LogP contribution in [0.3, 0.4) is 0 Å². The lowest BCUT2D eigenvalue weighted by molar-refractivity contribution is -0.124. The summed E-state index contributed by atoms with van der Waals surface area (Å²) >= 11 is 28.7. The number of halogens is 6. The van der Waals surface area contributed by atoms with Crippen molar-refractivity contribution in [1.29, 1.82) is 0 Å². The summed E-state index contributed by atoms with van der Waals surface area (Å²) in [4.78, 5) is 109. The first-order valence-corrected chi connectivity index (χ1v) is 35.5. The quantitative estimate of drug-likeness (QED) is 0.0848. The van der Waals surface area contributed by atoms with Crippen LogP contribution in [0, 0.1) is 156 Å². The van der Waals surface area contributed by atoms with E-state index in [9.17, 15) is 38.4 Å². The Morgan fingerprint density at radius 2 is 0.611 bits per heavy atom. The highest BCUT2D eigenvalue weighted by Gasteiger charge is 2.73. The van der Waals surface area contributed by atoms with Gasteiger partial charge in [0, 0.05) is 13.4 Å². The van der Waals surface area contributed by atoms with Gasteiger partial charge in [-0.25, -0.2) is 9.80 Å². The summed E-state index contributed by atoms with van der Waals surface area (Å²) in [7, 11) is 0. The van der Waals surface area contributed by atoms with Crippen molar-refractivity contribution in [1.82, 2.24) is 0 Å². The van der Waals surface area contributed by atoms with Crippen LogP contribution < -0.4 is 19.6 Å². The first-order valence-electron chi connectivity index (χ1n) is 31.9. The molecule has 4 aliphatic heterocycles. The lowest BCUT2D eigenvalue weighted by atomic mass is 9.65. The predicted molar refractivity (Wildman–Crippen MR) is 351 cm³/mol. The smallest absolute Gasteiger partial charge is 0.238 e. The van der Waals surface area contributed by atoms with Crippen molar-refractivity contribution in [2.24, 2.45) is 142 Å². The second kappa shape index (κ2) is 21.1. The van der Waals surface area contributed by atoms with Crippen LogP contribution in [-0.4, -0.2) is 47.3 Å². The van der Waals surface area contributed by atoms with Gasteiger partial charge in [-0.2, -0.15) is 0 Å². The summed E-state index contributed by atoms with van der Waals surface area (Å²) in [5.41, 5.74) is 4.49. The zero-order valence-corrected chi connectivity index (χ0v) is 56.0. The Balaban J connectivity index is 0.0000000931. The molecule has 4 heterocycles. The molecule has 8 saturated carbocycles.